The number of nitrogens with zero attached hydrogens (tertiary/aromatic N) is 2. The largest absolute Gasteiger partial charge is 0.459 e. The highest BCUT2D eigenvalue weighted by Gasteiger charge is 2.63. The molecule has 0 radical (unpaired) electrons. The lowest BCUT2D eigenvalue weighted by Gasteiger charge is -2.42. The number of hydrogen-bond donors (Lipinski definition) is 5. The maximum atomic E-state index is 13.8. The first kappa shape index (κ1) is 39.4. The standard InChI is InChI=1S/C40H40N2O12S/c1-24-17-19-28(20-18-24)41-23-40(50,34(46)31(45)29(44)21-43)42(39(41)55)35-33(54-38(49)27-15-9-4-10-16-27)32(53-37(48)26-13-7-3-8-14-26)30(52-35)22-51-36(47)25-11-5-2-6-12-25/h2-20,29-35,43-46,50H,21-23H2,1H3/t29-,30-,31-,32-,33-,34+,35-,40-/m1/s1. The molecule has 4 aromatic rings. The quantitative estimate of drug-likeness (QED) is 0.0754. The van der Waals surface area contributed by atoms with Crippen LogP contribution in [0.4, 0.5) is 5.69 Å². The number of ether oxygens (including phenoxy) is 4. The average molecular weight is 773 g/mol. The van der Waals surface area contributed by atoms with Gasteiger partial charge in [0.05, 0.1) is 29.8 Å². The van der Waals surface area contributed by atoms with E-state index in [1.165, 1.54) is 41.3 Å². The van der Waals surface area contributed by atoms with Gasteiger partial charge in [-0.15, -0.1) is 0 Å². The lowest BCUT2D eigenvalue weighted by Crippen LogP contribution is -2.66. The highest BCUT2D eigenvalue weighted by atomic mass is 32.1. The van der Waals surface area contributed by atoms with Gasteiger partial charge in [-0.05, 0) is 67.7 Å². The highest BCUT2D eigenvalue weighted by molar-refractivity contribution is 7.80. The third-order valence-corrected chi connectivity index (χ3v) is 9.82. The van der Waals surface area contributed by atoms with E-state index in [2.05, 4.69) is 0 Å². The summed E-state index contributed by atoms with van der Waals surface area (Å²) < 4.78 is 24.1. The normalized spacial score (nSPS) is 23.9. The number of aliphatic hydroxyl groups is 5. The summed E-state index contributed by atoms with van der Waals surface area (Å²) in [6, 6.07) is 30.9. The number of thiocarbonyl (C=S) groups is 1. The van der Waals surface area contributed by atoms with Gasteiger partial charge in [-0.25, -0.2) is 14.4 Å². The van der Waals surface area contributed by atoms with Crippen molar-refractivity contribution in [1.29, 1.82) is 0 Å². The Labute approximate surface area is 321 Å². The predicted octanol–water partition coefficient (Wildman–Crippen LogP) is 2.20. The lowest BCUT2D eigenvalue weighted by atomic mass is 9.96. The number of benzene rings is 4. The second-order valence-corrected chi connectivity index (χ2v) is 13.5. The molecule has 2 heterocycles. The van der Waals surface area contributed by atoms with E-state index in [0.717, 1.165) is 10.5 Å². The molecule has 2 fully saturated rings. The van der Waals surface area contributed by atoms with Gasteiger partial charge in [-0.2, -0.15) is 0 Å². The molecule has 6 rings (SSSR count). The molecule has 0 unspecified atom stereocenters. The molecule has 8 atom stereocenters. The van der Waals surface area contributed by atoms with Crippen LogP contribution in [0.5, 0.6) is 0 Å². The van der Waals surface area contributed by atoms with Crippen molar-refractivity contribution in [3.8, 4) is 0 Å². The van der Waals surface area contributed by atoms with Crippen LogP contribution in [-0.4, -0.2) is 122 Å². The zero-order valence-corrected chi connectivity index (χ0v) is 30.3. The minimum Gasteiger partial charge on any atom is -0.459 e. The van der Waals surface area contributed by atoms with Crippen LogP contribution in [0.25, 0.3) is 0 Å². The van der Waals surface area contributed by atoms with Gasteiger partial charge in [0, 0.05) is 5.69 Å². The Morgan fingerprint density at radius 2 is 1.27 bits per heavy atom. The maximum absolute atomic E-state index is 13.8. The summed E-state index contributed by atoms with van der Waals surface area (Å²) >= 11 is 5.91. The van der Waals surface area contributed by atoms with Gasteiger partial charge in [-0.1, -0.05) is 72.3 Å². The number of carbonyl (C=O) groups is 3. The van der Waals surface area contributed by atoms with Crippen LogP contribution in [0.15, 0.2) is 115 Å². The van der Waals surface area contributed by atoms with Gasteiger partial charge >= 0.3 is 17.9 Å². The van der Waals surface area contributed by atoms with Crippen LogP contribution in [0.1, 0.15) is 36.6 Å². The molecule has 0 bridgehead atoms. The predicted molar refractivity (Wildman–Crippen MR) is 200 cm³/mol. The number of aliphatic hydroxyl groups excluding tert-OH is 4. The van der Waals surface area contributed by atoms with E-state index in [4.69, 9.17) is 31.2 Å². The Hall–Kier alpha value is -5.26. The SMILES string of the molecule is Cc1ccc(N2C[C@@](O)([C@@H](O)[C@H](O)[C@H](O)CO)N([C@@H]3O[C@H](COC(=O)c4ccccc4)[C@@H](OC(=O)c4ccccc4)[C@H]3OC(=O)c3ccccc3)C2=S)cc1. The molecular formula is C40H40N2O12S. The van der Waals surface area contributed by atoms with Crippen molar-refractivity contribution in [2.75, 3.05) is 24.7 Å². The number of esters is 3. The molecule has 2 saturated heterocycles. The number of aryl methyl sites for hydroxylation is 1. The van der Waals surface area contributed by atoms with E-state index >= 15 is 0 Å². The summed E-state index contributed by atoms with van der Waals surface area (Å²) in [5.41, 5.74) is -0.804. The highest BCUT2D eigenvalue weighted by Crippen LogP contribution is 2.41. The zero-order valence-electron chi connectivity index (χ0n) is 29.5. The third-order valence-electron chi connectivity index (χ3n) is 9.40. The number of rotatable bonds is 13. The van der Waals surface area contributed by atoms with Gasteiger partial charge < -0.3 is 49.4 Å². The van der Waals surface area contributed by atoms with Crippen LogP contribution in [-0.2, 0) is 18.9 Å². The van der Waals surface area contributed by atoms with Gasteiger partial charge in [0.2, 0.25) is 0 Å². The van der Waals surface area contributed by atoms with Crippen molar-refractivity contribution in [1.82, 2.24) is 4.90 Å². The Balaban J connectivity index is 1.45. The Morgan fingerprint density at radius 3 is 1.78 bits per heavy atom. The molecule has 0 saturated carbocycles. The van der Waals surface area contributed by atoms with E-state index in [9.17, 15) is 39.9 Å². The van der Waals surface area contributed by atoms with Crippen LogP contribution in [0.2, 0.25) is 0 Å². The second kappa shape index (κ2) is 17.0. The van der Waals surface area contributed by atoms with Crippen LogP contribution >= 0.6 is 12.2 Å². The van der Waals surface area contributed by atoms with Gasteiger partial charge in [-0.3, -0.25) is 4.90 Å². The second-order valence-electron chi connectivity index (χ2n) is 13.1. The van der Waals surface area contributed by atoms with Gasteiger partial charge in [0.15, 0.2) is 29.3 Å². The van der Waals surface area contributed by atoms with E-state index in [-0.39, 0.29) is 21.8 Å². The minimum atomic E-state index is -2.62. The molecule has 15 heteroatoms. The molecule has 55 heavy (non-hydrogen) atoms. The number of hydrogen-bond acceptors (Lipinski definition) is 13. The maximum Gasteiger partial charge on any atom is 0.338 e. The first-order valence-corrected chi connectivity index (χ1v) is 17.8. The van der Waals surface area contributed by atoms with Gasteiger partial charge in [0.25, 0.3) is 0 Å². The Bertz CT molecular complexity index is 1960. The summed E-state index contributed by atoms with van der Waals surface area (Å²) in [6.45, 7) is -0.174. The smallest absolute Gasteiger partial charge is 0.338 e. The summed E-state index contributed by atoms with van der Waals surface area (Å²) in [4.78, 5) is 43.0. The van der Waals surface area contributed by atoms with Crippen LogP contribution in [0, 0.1) is 6.92 Å². The Morgan fingerprint density at radius 1 is 0.782 bits per heavy atom. The monoisotopic (exact) mass is 772 g/mol. The van der Waals surface area contributed by atoms with E-state index in [1.54, 1.807) is 78.9 Å². The molecule has 14 nitrogen and oxygen atoms in total. The fourth-order valence-electron chi connectivity index (χ4n) is 6.42. The fourth-order valence-corrected chi connectivity index (χ4v) is 6.85. The molecule has 0 spiro atoms. The first-order valence-electron chi connectivity index (χ1n) is 17.4. The van der Waals surface area contributed by atoms with Crippen LogP contribution < -0.4 is 4.90 Å². The summed E-state index contributed by atoms with van der Waals surface area (Å²) in [6.07, 6.45) is -12.5. The summed E-state index contributed by atoms with van der Waals surface area (Å²) in [5.74, 6) is -2.48. The van der Waals surface area contributed by atoms with Crippen molar-refractivity contribution in [3.63, 3.8) is 0 Å². The first-order chi connectivity index (χ1) is 26.4. The number of β-amino-alcohol motifs (C(OH)–C–C–N with tert-alkyl or cyclic N) is 1. The third kappa shape index (κ3) is 8.38. The lowest BCUT2D eigenvalue weighted by molar-refractivity contribution is -0.228. The van der Waals surface area contributed by atoms with Crippen LogP contribution in [0.3, 0.4) is 0 Å². The molecule has 0 aliphatic carbocycles. The van der Waals surface area contributed by atoms with E-state index < -0.39 is 86.2 Å². The molecule has 4 aromatic carbocycles. The molecule has 0 amide bonds. The van der Waals surface area contributed by atoms with E-state index in [1.807, 2.05) is 6.92 Å². The summed E-state index contributed by atoms with van der Waals surface area (Å²) in [7, 11) is 0. The van der Waals surface area contributed by atoms with Crippen molar-refractivity contribution in [2.45, 2.75) is 55.5 Å². The number of anilines is 1. The molecule has 288 valence electrons. The molecular weight excluding hydrogens is 733 g/mol. The topological polar surface area (TPSA) is 196 Å². The minimum absolute atomic E-state index is 0.107. The molecule has 2 aliphatic heterocycles. The molecule has 2 aliphatic rings. The fraction of sp³-hybridized carbons (Fsp3) is 0.300. The zero-order chi connectivity index (χ0) is 39.3. The van der Waals surface area contributed by atoms with Crippen molar-refractivity contribution in [3.05, 3.63) is 138 Å². The van der Waals surface area contributed by atoms with Crippen molar-refractivity contribution >= 4 is 40.9 Å². The van der Waals surface area contributed by atoms with Crippen molar-refractivity contribution < 1.29 is 58.9 Å². The van der Waals surface area contributed by atoms with Gasteiger partial charge in [0.1, 0.15) is 31.0 Å². The molecule has 5 N–H and O–H groups in total. The summed E-state index contributed by atoms with van der Waals surface area (Å²) in [5, 5.41) is 54.9. The van der Waals surface area contributed by atoms with Crippen molar-refractivity contribution in [2.24, 2.45) is 0 Å². The number of carbonyl (C=O) groups excluding carboxylic acids is 3. The molecule has 0 aromatic heterocycles. The van der Waals surface area contributed by atoms with E-state index in [0.29, 0.717) is 5.69 Å². The average Bonchev–Trinajstić information content (AvgIpc) is 3.68. The Kier molecular flexibility index (Phi) is 12.2.